The Labute approximate surface area is 118 Å². The second kappa shape index (κ2) is 7.00. The number of ether oxygens (including phenoxy) is 2. The van der Waals surface area contributed by atoms with E-state index in [0.29, 0.717) is 6.61 Å². The van der Waals surface area contributed by atoms with Crippen molar-refractivity contribution in [1.82, 2.24) is 4.90 Å². The molecule has 0 aromatic heterocycles. The van der Waals surface area contributed by atoms with Crippen molar-refractivity contribution in [3.8, 4) is 11.5 Å². The van der Waals surface area contributed by atoms with Crippen LogP contribution in [0.1, 0.15) is 13.8 Å². The van der Waals surface area contributed by atoms with Crippen molar-refractivity contribution in [3.63, 3.8) is 0 Å². The number of likely N-dealkylation sites (N-methyl/N-ethyl adjacent to an activating group) is 1. The molecule has 0 bridgehead atoms. The molecule has 1 aromatic rings. The molecule has 1 rings (SSSR count). The van der Waals surface area contributed by atoms with Crippen LogP contribution in [0, 0.1) is 0 Å². The summed E-state index contributed by atoms with van der Waals surface area (Å²) in [5.41, 5.74) is 0.142. The van der Waals surface area contributed by atoms with Gasteiger partial charge in [0.2, 0.25) is 0 Å². The predicted molar refractivity (Wildman–Crippen MR) is 79.0 cm³/mol. The molecule has 0 aliphatic heterocycles. The highest BCUT2D eigenvalue weighted by molar-refractivity contribution is 9.09. The standard InChI is InChI=1S/C14H22BrNO2/c1-14(2,11-15)16(3)9-10-18-13-7-5-12(17-4)6-8-13/h5-8H,9-11H2,1-4H3. The molecule has 4 heteroatoms. The lowest BCUT2D eigenvalue weighted by molar-refractivity contribution is 0.148. The van der Waals surface area contributed by atoms with Crippen LogP contribution in [0.3, 0.4) is 0 Å². The Balaban J connectivity index is 2.37. The van der Waals surface area contributed by atoms with E-state index >= 15 is 0 Å². The molecule has 3 nitrogen and oxygen atoms in total. The SMILES string of the molecule is COc1ccc(OCCN(C)C(C)(C)CBr)cc1. The number of nitrogens with zero attached hydrogens (tertiary/aromatic N) is 1. The summed E-state index contributed by atoms with van der Waals surface area (Å²) in [6.45, 7) is 5.98. The van der Waals surface area contributed by atoms with Gasteiger partial charge in [-0.2, -0.15) is 0 Å². The number of alkyl halides is 1. The Morgan fingerprint density at radius 3 is 2.22 bits per heavy atom. The van der Waals surface area contributed by atoms with Gasteiger partial charge in [0.25, 0.3) is 0 Å². The fourth-order valence-electron chi connectivity index (χ4n) is 1.38. The lowest BCUT2D eigenvalue weighted by atomic mass is 10.1. The highest BCUT2D eigenvalue weighted by atomic mass is 79.9. The van der Waals surface area contributed by atoms with Crippen molar-refractivity contribution in [1.29, 1.82) is 0 Å². The Morgan fingerprint density at radius 1 is 1.17 bits per heavy atom. The van der Waals surface area contributed by atoms with Crippen molar-refractivity contribution in [2.24, 2.45) is 0 Å². The Bertz CT molecular complexity index is 351. The van der Waals surface area contributed by atoms with E-state index in [1.54, 1.807) is 7.11 Å². The van der Waals surface area contributed by atoms with Crippen LogP contribution < -0.4 is 9.47 Å². The monoisotopic (exact) mass is 315 g/mol. The molecule has 0 N–H and O–H groups in total. The van der Waals surface area contributed by atoms with Crippen molar-refractivity contribution in [2.75, 3.05) is 32.6 Å². The van der Waals surface area contributed by atoms with E-state index in [4.69, 9.17) is 9.47 Å². The van der Waals surface area contributed by atoms with Crippen LogP contribution in [-0.4, -0.2) is 43.1 Å². The van der Waals surface area contributed by atoms with Gasteiger partial charge >= 0.3 is 0 Å². The molecule has 0 aliphatic carbocycles. The molecule has 0 spiro atoms. The summed E-state index contributed by atoms with van der Waals surface area (Å²) < 4.78 is 10.8. The molecule has 0 saturated carbocycles. The second-order valence-corrected chi connectivity index (χ2v) is 5.45. The fraction of sp³-hybridized carbons (Fsp3) is 0.571. The summed E-state index contributed by atoms with van der Waals surface area (Å²) in [5, 5.41) is 0.943. The van der Waals surface area contributed by atoms with E-state index in [9.17, 15) is 0 Å². The lowest BCUT2D eigenvalue weighted by Gasteiger charge is -2.33. The van der Waals surface area contributed by atoms with Crippen LogP contribution in [0.15, 0.2) is 24.3 Å². The molecule has 102 valence electrons. The van der Waals surface area contributed by atoms with E-state index in [0.717, 1.165) is 23.4 Å². The minimum absolute atomic E-state index is 0.142. The first-order chi connectivity index (χ1) is 8.49. The van der Waals surface area contributed by atoms with Crippen LogP contribution in [0.25, 0.3) is 0 Å². The van der Waals surface area contributed by atoms with Crippen LogP contribution >= 0.6 is 15.9 Å². The van der Waals surface area contributed by atoms with Crippen molar-refractivity contribution in [2.45, 2.75) is 19.4 Å². The molecule has 0 saturated heterocycles. The van der Waals surface area contributed by atoms with E-state index in [1.807, 2.05) is 24.3 Å². The molecule has 0 atom stereocenters. The minimum atomic E-state index is 0.142. The average Bonchev–Trinajstić information content (AvgIpc) is 2.39. The summed E-state index contributed by atoms with van der Waals surface area (Å²) in [5.74, 6) is 1.72. The summed E-state index contributed by atoms with van der Waals surface area (Å²) in [7, 11) is 3.77. The van der Waals surface area contributed by atoms with Gasteiger partial charge in [0.05, 0.1) is 7.11 Å². The molecular formula is C14H22BrNO2. The molecule has 1 aromatic carbocycles. The zero-order valence-electron chi connectivity index (χ0n) is 11.6. The molecule has 0 heterocycles. The van der Waals surface area contributed by atoms with Gasteiger partial charge in [0, 0.05) is 17.4 Å². The lowest BCUT2D eigenvalue weighted by Crippen LogP contribution is -2.44. The Kier molecular flexibility index (Phi) is 5.96. The number of hydrogen-bond donors (Lipinski definition) is 0. The minimum Gasteiger partial charge on any atom is -0.497 e. The summed E-state index contributed by atoms with van der Waals surface area (Å²) in [6.07, 6.45) is 0. The molecule has 0 unspecified atom stereocenters. The van der Waals surface area contributed by atoms with Gasteiger partial charge in [-0.3, -0.25) is 4.90 Å². The molecule has 0 fully saturated rings. The molecule has 18 heavy (non-hydrogen) atoms. The summed E-state index contributed by atoms with van der Waals surface area (Å²) in [4.78, 5) is 2.28. The largest absolute Gasteiger partial charge is 0.497 e. The van der Waals surface area contributed by atoms with Crippen molar-refractivity contribution < 1.29 is 9.47 Å². The van der Waals surface area contributed by atoms with Crippen LogP contribution in [0.2, 0.25) is 0 Å². The third-order valence-electron chi connectivity index (χ3n) is 3.12. The maximum atomic E-state index is 5.70. The molecular weight excluding hydrogens is 294 g/mol. The van der Waals surface area contributed by atoms with Crippen molar-refractivity contribution in [3.05, 3.63) is 24.3 Å². The first-order valence-electron chi connectivity index (χ1n) is 6.03. The highest BCUT2D eigenvalue weighted by Gasteiger charge is 2.21. The zero-order chi connectivity index (χ0) is 13.6. The van der Waals surface area contributed by atoms with E-state index < -0.39 is 0 Å². The van der Waals surface area contributed by atoms with Crippen LogP contribution in [-0.2, 0) is 0 Å². The van der Waals surface area contributed by atoms with Gasteiger partial charge < -0.3 is 9.47 Å². The third kappa shape index (κ3) is 4.50. The van der Waals surface area contributed by atoms with Gasteiger partial charge in [0.1, 0.15) is 18.1 Å². The number of hydrogen-bond acceptors (Lipinski definition) is 3. The predicted octanol–water partition coefficient (Wildman–Crippen LogP) is 3.18. The maximum Gasteiger partial charge on any atom is 0.119 e. The number of rotatable bonds is 7. The average molecular weight is 316 g/mol. The second-order valence-electron chi connectivity index (χ2n) is 4.89. The van der Waals surface area contributed by atoms with Gasteiger partial charge in [-0.1, -0.05) is 15.9 Å². The van der Waals surface area contributed by atoms with Crippen molar-refractivity contribution >= 4 is 15.9 Å². The van der Waals surface area contributed by atoms with E-state index in [-0.39, 0.29) is 5.54 Å². The van der Waals surface area contributed by atoms with E-state index in [2.05, 4.69) is 41.7 Å². The topological polar surface area (TPSA) is 21.7 Å². The molecule has 0 amide bonds. The van der Waals surface area contributed by atoms with Gasteiger partial charge in [-0.15, -0.1) is 0 Å². The first-order valence-corrected chi connectivity index (χ1v) is 7.16. The molecule has 0 radical (unpaired) electrons. The van der Waals surface area contributed by atoms with Crippen LogP contribution in [0.4, 0.5) is 0 Å². The number of halogens is 1. The summed E-state index contributed by atoms with van der Waals surface area (Å²) >= 11 is 3.53. The first kappa shape index (κ1) is 15.3. The number of benzene rings is 1. The molecule has 0 aliphatic rings. The quantitative estimate of drug-likeness (QED) is 0.721. The normalized spacial score (nSPS) is 11.7. The fourth-order valence-corrected chi connectivity index (χ4v) is 1.81. The van der Waals surface area contributed by atoms with Gasteiger partial charge in [-0.25, -0.2) is 0 Å². The van der Waals surface area contributed by atoms with E-state index in [1.165, 1.54) is 0 Å². The third-order valence-corrected chi connectivity index (χ3v) is 4.49. The highest BCUT2D eigenvalue weighted by Crippen LogP contribution is 2.18. The maximum absolute atomic E-state index is 5.70. The summed E-state index contributed by atoms with van der Waals surface area (Å²) in [6, 6.07) is 7.66. The Hall–Kier alpha value is -0.740. The smallest absolute Gasteiger partial charge is 0.119 e. The van der Waals surface area contributed by atoms with Gasteiger partial charge in [-0.05, 0) is 45.2 Å². The van der Waals surface area contributed by atoms with Crippen LogP contribution in [0.5, 0.6) is 11.5 Å². The zero-order valence-corrected chi connectivity index (χ0v) is 13.2. The Morgan fingerprint density at radius 2 is 1.72 bits per heavy atom. The van der Waals surface area contributed by atoms with Gasteiger partial charge in [0.15, 0.2) is 0 Å². The number of methoxy groups -OCH3 is 1.